The van der Waals surface area contributed by atoms with Gasteiger partial charge in [0.25, 0.3) is 0 Å². The summed E-state index contributed by atoms with van der Waals surface area (Å²) in [5.41, 5.74) is 8.40. The highest BCUT2D eigenvalue weighted by Crippen LogP contribution is 2.25. The second-order valence-electron chi connectivity index (χ2n) is 4.27. The number of nitrogens with two attached hydrogens (primary N) is 1. The molecule has 0 aliphatic rings. The van der Waals surface area contributed by atoms with E-state index >= 15 is 0 Å². The SMILES string of the molecule is Cc1cc(C)cc(C(C)(CN)CF)c1. The van der Waals surface area contributed by atoms with Crippen molar-refractivity contribution in [3.05, 3.63) is 34.9 Å². The number of halogens is 1. The Morgan fingerprint density at radius 1 is 1.21 bits per heavy atom. The molecule has 1 aromatic rings. The number of hydrogen-bond donors (Lipinski definition) is 1. The van der Waals surface area contributed by atoms with Crippen LogP contribution in [0.1, 0.15) is 23.6 Å². The number of rotatable bonds is 3. The summed E-state index contributed by atoms with van der Waals surface area (Å²) in [5, 5.41) is 0. The van der Waals surface area contributed by atoms with E-state index in [4.69, 9.17) is 5.73 Å². The van der Waals surface area contributed by atoms with Gasteiger partial charge in [-0.2, -0.15) is 0 Å². The molecule has 0 saturated carbocycles. The van der Waals surface area contributed by atoms with E-state index in [-0.39, 0.29) is 0 Å². The van der Waals surface area contributed by atoms with Crippen molar-refractivity contribution in [2.24, 2.45) is 5.73 Å². The molecule has 0 aromatic heterocycles. The Bertz CT molecular complexity index is 296. The van der Waals surface area contributed by atoms with Gasteiger partial charge in [-0.3, -0.25) is 4.39 Å². The van der Waals surface area contributed by atoms with Gasteiger partial charge in [-0.1, -0.05) is 36.2 Å². The summed E-state index contributed by atoms with van der Waals surface area (Å²) in [4.78, 5) is 0. The van der Waals surface area contributed by atoms with Gasteiger partial charge in [0, 0.05) is 12.0 Å². The Morgan fingerprint density at radius 3 is 2.07 bits per heavy atom. The monoisotopic (exact) mass is 195 g/mol. The molecule has 2 heteroatoms. The molecule has 1 unspecified atom stereocenters. The highest BCUT2D eigenvalue weighted by atomic mass is 19.1. The van der Waals surface area contributed by atoms with Crippen molar-refractivity contribution in [1.29, 1.82) is 0 Å². The van der Waals surface area contributed by atoms with Gasteiger partial charge < -0.3 is 5.73 Å². The largest absolute Gasteiger partial charge is 0.329 e. The van der Waals surface area contributed by atoms with Crippen LogP contribution < -0.4 is 5.73 Å². The summed E-state index contributed by atoms with van der Waals surface area (Å²) in [7, 11) is 0. The summed E-state index contributed by atoms with van der Waals surface area (Å²) in [6.45, 7) is 5.83. The highest BCUT2D eigenvalue weighted by Gasteiger charge is 2.25. The maximum Gasteiger partial charge on any atom is 0.1000 e. The van der Waals surface area contributed by atoms with E-state index in [1.54, 1.807) is 0 Å². The third-order valence-electron chi connectivity index (χ3n) is 2.66. The molecule has 2 N–H and O–H groups in total. The molecule has 1 atom stereocenters. The molecule has 1 nitrogen and oxygen atoms in total. The van der Waals surface area contributed by atoms with Crippen LogP contribution in [0.3, 0.4) is 0 Å². The molecule has 0 radical (unpaired) electrons. The second kappa shape index (κ2) is 4.09. The van der Waals surface area contributed by atoms with E-state index in [0.29, 0.717) is 6.54 Å². The van der Waals surface area contributed by atoms with Crippen molar-refractivity contribution in [2.45, 2.75) is 26.2 Å². The zero-order valence-electron chi connectivity index (χ0n) is 9.10. The minimum Gasteiger partial charge on any atom is -0.329 e. The average Bonchev–Trinajstić information content (AvgIpc) is 2.15. The fourth-order valence-corrected chi connectivity index (χ4v) is 1.57. The van der Waals surface area contributed by atoms with Crippen LogP contribution in [0.15, 0.2) is 18.2 Å². The third-order valence-corrected chi connectivity index (χ3v) is 2.66. The highest BCUT2D eigenvalue weighted by molar-refractivity contribution is 5.34. The van der Waals surface area contributed by atoms with Gasteiger partial charge in [0.2, 0.25) is 0 Å². The quantitative estimate of drug-likeness (QED) is 0.788. The van der Waals surface area contributed by atoms with Crippen molar-refractivity contribution in [3.8, 4) is 0 Å². The van der Waals surface area contributed by atoms with Gasteiger partial charge in [-0.25, -0.2) is 0 Å². The first-order valence-electron chi connectivity index (χ1n) is 4.86. The van der Waals surface area contributed by atoms with Gasteiger partial charge in [0.1, 0.15) is 0 Å². The molecule has 0 spiro atoms. The first-order valence-corrected chi connectivity index (χ1v) is 4.86. The Labute approximate surface area is 85.1 Å². The van der Waals surface area contributed by atoms with Gasteiger partial charge in [-0.05, 0) is 19.4 Å². The van der Waals surface area contributed by atoms with Crippen LogP contribution >= 0.6 is 0 Å². The van der Waals surface area contributed by atoms with Crippen molar-refractivity contribution < 1.29 is 4.39 Å². The smallest absolute Gasteiger partial charge is 0.1000 e. The van der Waals surface area contributed by atoms with E-state index in [2.05, 4.69) is 6.07 Å². The molecule has 14 heavy (non-hydrogen) atoms. The Morgan fingerprint density at radius 2 is 1.71 bits per heavy atom. The third kappa shape index (κ3) is 2.13. The van der Waals surface area contributed by atoms with Crippen LogP contribution in [0.2, 0.25) is 0 Å². The number of benzene rings is 1. The predicted molar refractivity (Wildman–Crippen MR) is 58.3 cm³/mol. The van der Waals surface area contributed by atoms with Crippen LogP contribution in [0.25, 0.3) is 0 Å². The van der Waals surface area contributed by atoms with Gasteiger partial charge in [-0.15, -0.1) is 0 Å². The van der Waals surface area contributed by atoms with Gasteiger partial charge in [0.15, 0.2) is 0 Å². The molecule has 0 aliphatic heterocycles. The lowest BCUT2D eigenvalue weighted by Crippen LogP contribution is -2.34. The Hall–Kier alpha value is -0.890. The fraction of sp³-hybridized carbons (Fsp3) is 0.500. The molecule has 0 bridgehead atoms. The molecule has 1 rings (SSSR count). The molecule has 0 saturated heterocycles. The summed E-state index contributed by atoms with van der Waals surface area (Å²) in [5.74, 6) is 0. The zero-order valence-corrected chi connectivity index (χ0v) is 9.10. The molecule has 1 aromatic carbocycles. The van der Waals surface area contributed by atoms with E-state index < -0.39 is 12.1 Å². The molecular formula is C12H18FN. The molecule has 0 fully saturated rings. The van der Waals surface area contributed by atoms with E-state index in [9.17, 15) is 4.39 Å². The maximum atomic E-state index is 12.9. The maximum absolute atomic E-state index is 12.9. The summed E-state index contributed by atoms with van der Waals surface area (Å²) >= 11 is 0. The fourth-order valence-electron chi connectivity index (χ4n) is 1.57. The summed E-state index contributed by atoms with van der Waals surface area (Å²) < 4.78 is 12.9. The lowest BCUT2D eigenvalue weighted by Gasteiger charge is -2.25. The molecule has 0 aliphatic carbocycles. The van der Waals surface area contributed by atoms with E-state index in [0.717, 1.165) is 16.7 Å². The number of hydrogen-bond acceptors (Lipinski definition) is 1. The standard InChI is InChI=1S/C12H18FN/c1-9-4-10(2)6-11(5-9)12(3,7-13)8-14/h4-6H,7-8,14H2,1-3H3. The van der Waals surface area contributed by atoms with E-state index in [1.165, 1.54) is 0 Å². The molecule has 0 amide bonds. The topological polar surface area (TPSA) is 26.0 Å². The first-order chi connectivity index (χ1) is 6.51. The van der Waals surface area contributed by atoms with Crippen molar-refractivity contribution in [3.63, 3.8) is 0 Å². The lowest BCUT2D eigenvalue weighted by atomic mass is 9.82. The van der Waals surface area contributed by atoms with Crippen LogP contribution in [-0.4, -0.2) is 13.2 Å². The van der Waals surface area contributed by atoms with Crippen LogP contribution in [0.5, 0.6) is 0 Å². The van der Waals surface area contributed by atoms with Crippen LogP contribution in [-0.2, 0) is 5.41 Å². The molecule has 0 heterocycles. The summed E-state index contributed by atoms with van der Waals surface area (Å²) in [6.07, 6.45) is 0. The lowest BCUT2D eigenvalue weighted by molar-refractivity contribution is 0.334. The van der Waals surface area contributed by atoms with Crippen molar-refractivity contribution in [2.75, 3.05) is 13.2 Å². The van der Waals surface area contributed by atoms with Gasteiger partial charge >= 0.3 is 0 Å². The van der Waals surface area contributed by atoms with E-state index in [1.807, 2.05) is 32.9 Å². The first kappa shape index (κ1) is 11.2. The second-order valence-corrected chi connectivity index (χ2v) is 4.27. The predicted octanol–water partition coefficient (Wildman–Crippen LogP) is 2.49. The summed E-state index contributed by atoms with van der Waals surface area (Å²) in [6, 6.07) is 6.11. The minimum atomic E-state index is -0.531. The number of aryl methyl sites for hydroxylation is 2. The Balaban J connectivity index is 3.17. The normalized spacial score (nSPS) is 15.2. The van der Waals surface area contributed by atoms with Crippen LogP contribution in [0.4, 0.5) is 4.39 Å². The average molecular weight is 195 g/mol. The molecular weight excluding hydrogens is 177 g/mol. The molecule has 78 valence electrons. The van der Waals surface area contributed by atoms with Crippen LogP contribution in [0, 0.1) is 13.8 Å². The Kier molecular flexibility index (Phi) is 3.27. The zero-order chi connectivity index (χ0) is 10.8. The van der Waals surface area contributed by atoms with Crippen molar-refractivity contribution >= 4 is 0 Å². The number of alkyl halides is 1. The minimum absolute atomic E-state index is 0.340. The van der Waals surface area contributed by atoms with Crippen molar-refractivity contribution in [1.82, 2.24) is 0 Å². The van der Waals surface area contributed by atoms with Gasteiger partial charge in [0.05, 0.1) is 6.67 Å².